The van der Waals surface area contributed by atoms with Crippen molar-refractivity contribution in [2.45, 2.75) is 50.9 Å². The maximum atomic E-state index is 11.4. The number of ether oxygens (including phenoxy) is 4. The molecule has 2 aromatic rings. The zero-order valence-electron chi connectivity index (χ0n) is 21.8. The van der Waals surface area contributed by atoms with Gasteiger partial charge in [0.2, 0.25) is 6.79 Å². The number of benzene rings is 2. The molecule has 0 bridgehead atoms. The summed E-state index contributed by atoms with van der Waals surface area (Å²) in [5, 5.41) is 25.2. The second-order valence-corrected chi connectivity index (χ2v) is 9.74. The maximum Gasteiger partial charge on any atom is 0.231 e. The molecule has 0 saturated carbocycles. The van der Waals surface area contributed by atoms with Gasteiger partial charge in [-0.25, -0.2) is 0 Å². The van der Waals surface area contributed by atoms with Crippen LogP contribution in [0.4, 0.5) is 0 Å². The van der Waals surface area contributed by atoms with Crippen LogP contribution in [-0.4, -0.2) is 56.2 Å². The van der Waals surface area contributed by atoms with Gasteiger partial charge in [0.1, 0.15) is 18.4 Å². The van der Waals surface area contributed by atoms with E-state index >= 15 is 0 Å². The van der Waals surface area contributed by atoms with Crippen LogP contribution in [-0.2, 0) is 12.8 Å². The van der Waals surface area contributed by atoms with Gasteiger partial charge in [-0.05, 0) is 38.4 Å². The third kappa shape index (κ3) is 3.71. The first-order valence-electron chi connectivity index (χ1n) is 12.5. The monoisotopic (exact) mass is 506 g/mol. The lowest BCUT2D eigenvalue weighted by molar-refractivity contribution is 0.0708. The van der Waals surface area contributed by atoms with E-state index in [0.29, 0.717) is 36.7 Å². The van der Waals surface area contributed by atoms with Crippen LogP contribution in [0.3, 0.4) is 0 Å². The number of aryl methyl sites for hydroxylation is 1. The Morgan fingerprint density at radius 1 is 1.27 bits per heavy atom. The van der Waals surface area contributed by atoms with Crippen molar-refractivity contribution in [2.75, 3.05) is 34.1 Å². The van der Waals surface area contributed by atoms with E-state index < -0.39 is 6.04 Å². The molecule has 0 fully saturated rings. The molecule has 2 aromatic carbocycles. The van der Waals surface area contributed by atoms with Crippen LogP contribution < -0.4 is 30.0 Å². The molecule has 37 heavy (non-hydrogen) atoms. The van der Waals surface area contributed by atoms with E-state index in [9.17, 15) is 10.4 Å². The van der Waals surface area contributed by atoms with E-state index in [0.717, 1.165) is 39.1 Å². The van der Waals surface area contributed by atoms with Gasteiger partial charge < -0.3 is 35.1 Å². The van der Waals surface area contributed by atoms with Crippen LogP contribution in [0.25, 0.3) is 0 Å². The summed E-state index contributed by atoms with van der Waals surface area (Å²) < 4.78 is 23.6. The van der Waals surface area contributed by atoms with Gasteiger partial charge in [0, 0.05) is 41.3 Å². The van der Waals surface area contributed by atoms with Gasteiger partial charge in [-0.3, -0.25) is 4.90 Å². The van der Waals surface area contributed by atoms with E-state index in [1.165, 1.54) is 0 Å². The second kappa shape index (κ2) is 9.78. The van der Waals surface area contributed by atoms with Gasteiger partial charge in [-0.1, -0.05) is 18.7 Å². The Balaban J connectivity index is 1.77. The van der Waals surface area contributed by atoms with E-state index in [1.54, 1.807) is 13.2 Å². The summed E-state index contributed by atoms with van der Waals surface area (Å²) in [4.78, 5) is 2.19. The van der Waals surface area contributed by atoms with Crippen molar-refractivity contribution in [1.82, 2.24) is 10.2 Å². The van der Waals surface area contributed by atoms with Crippen LogP contribution in [0.2, 0.25) is 0 Å². The molecule has 9 nitrogen and oxygen atoms in total. The molecule has 9 heteroatoms. The minimum Gasteiger partial charge on any atom is -0.504 e. The second-order valence-electron chi connectivity index (χ2n) is 9.74. The van der Waals surface area contributed by atoms with Gasteiger partial charge in [0.05, 0.1) is 25.3 Å². The van der Waals surface area contributed by atoms with Gasteiger partial charge in [0.25, 0.3) is 0 Å². The molecule has 3 aliphatic rings. The Morgan fingerprint density at radius 3 is 2.68 bits per heavy atom. The van der Waals surface area contributed by atoms with E-state index in [1.807, 2.05) is 27.0 Å². The minimum atomic E-state index is -0.479. The molecule has 0 aliphatic carbocycles. The number of fused-ring (bicyclic) bond motifs is 5. The Hall–Kier alpha value is -3.45. The number of nitrogens with two attached hydrogens (primary N) is 1. The Bertz CT molecular complexity index is 1290. The standard InChI is InChI=1S/C28H34N4O5/c1-6-7-35-26-15(3)27-28(37-13-36-27)22-18(26)10-19-23(31-4)21-16(8-14(2)25(34-5)24(21)33)9-17(11-29)32(19)20(22)12-30/h6,8,17,19-20,23,31,33H,1,7,9-10,12-13,30H2,2-5H3/t17-,19?,20+,23+/m1/s1. The number of phenolic OH excluding ortho intramolecular Hbond substituents is 1. The lowest BCUT2D eigenvalue weighted by Crippen LogP contribution is -2.54. The average Bonchev–Trinajstić information content (AvgIpc) is 3.34. The molecule has 5 rings (SSSR count). The first-order chi connectivity index (χ1) is 17.9. The molecule has 0 amide bonds. The Labute approximate surface area is 217 Å². The number of likely N-dealkylation sites (N-methyl/N-ethyl adjacent to an activating group) is 1. The topological polar surface area (TPSA) is 122 Å². The average molecular weight is 507 g/mol. The molecule has 4 atom stereocenters. The van der Waals surface area contributed by atoms with Crippen LogP contribution in [0.5, 0.6) is 28.7 Å². The third-order valence-electron chi connectivity index (χ3n) is 7.89. The molecule has 0 aromatic heterocycles. The predicted molar refractivity (Wildman–Crippen MR) is 138 cm³/mol. The zero-order chi connectivity index (χ0) is 26.4. The highest BCUT2D eigenvalue weighted by atomic mass is 16.7. The van der Waals surface area contributed by atoms with Gasteiger partial charge in [-0.15, -0.1) is 0 Å². The number of hydrogen-bond donors (Lipinski definition) is 3. The summed E-state index contributed by atoms with van der Waals surface area (Å²) in [5.74, 6) is 2.62. The molecule has 1 unspecified atom stereocenters. The normalized spacial score (nSPS) is 23.8. The number of hydrogen-bond acceptors (Lipinski definition) is 9. The molecule has 0 spiro atoms. The van der Waals surface area contributed by atoms with Crippen molar-refractivity contribution in [3.8, 4) is 34.8 Å². The van der Waals surface area contributed by atoms with E-state index in [2.05, 4.69) is 22.9 Å². The summed E-state index contributed by atoms with van der Waals surface area (Å²) in [6.07, 6.45) is 2.70. The highest BCUT2D eigenvalue weighted by Crippen LogP contribution is 2.55. The van der Waals surface area contributed by atoms with Crippen LogP contribution in [0, 0.1) is 25.2 Å². The lowest BCUT2D eigenvalue weighted by Gasteiger charge is -2.47. The number of phenols is 1. The molecule has 196 valence electrons. The molecule has 3 heterocycles. The first-order valence-corrected chi connectivity index (χ1v) is 12.5. The molecular formula is C28H34N4O5. The molecule has 0 radical (unpaired) electrons. The zero-order valence-corrected chi connectivity index (χ0v) is 21.8. The van der Waals surface area contributed by atoms with Gasteiger partial charge in [0.15, 0.2) is 23.0 Å². The van der Waals surface area contributed by atoms with Gasteiger partial charge >= 0.3 is 0 Å². The molecule has 4 N–H and O–H groups in total. The first kappa shape index (κ1) is 25.2. The van der Waals surface area contributed by atoms with Crippen molar-refractivity contribution >= 4 is 0 Å². The van der Waals surface area contributed by atoms with Crippen molar-refractivity contribution in [2.24, 2.45) is 5.73 Å². The summed E-state index contributed by atoms with van der Waals surface area (Å²) >= 11 is 0. The fourth-order valence-corrected chi connectivity index (χ4v) is 6.51. The summed E-state index contributed by atoms with van der Waals surface area (Å²) in [5.41, 5.74) is 11.7. The fraction of sp³-hybridized carbons (Fsp3) is 0.464. The number of nitrogens with zero attached hydrogens (tertiary/aromatic N) is 2. The quantitative estimate of drug-likeness (QED) is 0.508. The van der Waals surface area contributed by atoms with Crippen molar-refractivity contribution in [3.63, 3.8) is 0 Å². The van der Waals surface area contributed by atoms with Crippen molar-refractivity contribution < 1.29 is 24.1 Å². The fourth-order valence-electron chi connectivity index (χ4n) is 6.51. The van der Waals surface area contributed by atoms with Crippen molar-refractivity contribution in [3.05, 3.63) is 52.1 Å². The van der Waals surface area contributed by atoms with Crippen LogP contribution in [0.15, 0.2) is 18.7 Å². The summed E-state index contributed by atoms with van der Waals surface area (Å²) in [7, 11) is 3.43. The number of nitrogens with one attached hydrogen (secondary N) is 1. The predicted octanol–water partition coefficient (Wildman–Crippen LogP) is 2.95. The van der Waals surface area contributed by atoms with E-state index in [-0.39, 0.29) is 37.2 Å². The maximum absolute atomic E-state index is 11.4. The lowest BCUT2D eigenvalue weighted by atomic mass is 9.80. The molecule has 3 aliphatic heterocycles. The SMILES string of the molecule is C=CCOc1c(C)c2c(c3c1CC1[C@H](NC)c4c(cc(C)c(OC)c4O)C[C@H](C#N)N1[C@H]3CN)OCO2. The van der Waals surface area contributed by atoms with Crippen molar-refractivity contribution in [1.29, 1.82) is 5.26 Å². The number of nitriles is 1. The smallest absolute Gasteiger partial charge is 0.231 e. The number of rotatable bonds is 6. The highest BCUT2D eigenvalue weighted by Gasteiger charge is 2.49. The Kier molecular flexibility index (Phi) is 6.67. The molecular weight excluding hydrogens is 472 g/mol. The third-order valence-corrected chi connectivity index (χ3v) is 7.89. The number of methoxy groups -OCH3 is 1. The van der Waals surface area contributed by atoms with Gasteiger partial charge in [-0.2, -0.15) is 5.26 Å². The van der Waals surface area contributed by atoms with E-state index in [4.69, 9.17) is 24.7 Å². The summed E-state index contributed by atoms with van der Waals surface area (Å²) in [6, 6.07) is 3.24. The van der Waals surface area contributed by atoms with Crippen LogP contribution >= 0.6 is 0 Å². The minimum absolute atomic E-state index is 0.107. The Morgan fingerprint density at radius 2 is 2.03 bits per heavy atom. The highest BCUT2D eigenvalue weighted by molar-refractivity contribution is 5.66. The summed E-state index contributed by atoms with van der Waals surface area (Å²) in [6.45, 7) is 8.40. The molecule has 0 saturated heterocycles. The van der Waals surface area contributed by atoms with Crippen LogP contribution in [0.1, 0.15) is 45.5 Å². The number of aromatic hydroxyl groups is 1. The largest absolute Gasteiger partial charge is 0.504 e.